The minimum Gasteiger partial charge on any atom is -0.465 e. The first-order chi connectivity index (χ1) is 12.4. The molecule has 1 aromatic heterocycles. The van der Waals surface area contributed by atoms with Crippen LogP contribution in [0.5, 0.6) is 0 Å². The van der Waals surface area contributed by atoms with E-state index in [0.29, 0.717) is 16.1 Å². The van der Waals surface area contributed by atoms with Gasteiger partial charge in [0.15, 0.2) is 11.4 Å². The molecule has 0 unspecified atom stereocenters. The molecule has 1 atom stereocenters. The molecule has 1 N–H and O–H groups in total. The van der Waals surface area contributed by atoms with Crippen molar-refractivity contribution < 1.29 is 24.2 Å². The van der Waals surface area contributed by atoms with Gasteiger partial charge in [-0.2, -0.15) is 0 Å². The van der Waals surface area contributed by atoms with Crippen molar-refractivity contribution in [1.29, 1.82) is 0 Å². The Labute approximate surface area is 155 Å². The zero-order chi connectivity index (χ0) is 18.9. The van der Waals surface area contributed by atoms with Gasteiger partial charge in [-0.15, -0.1) is 11.3 Å². The third kappa shape index (κ3) is 3.15. The molecule has 1 aromatic carbocycles. The highest BCUT2D eigenvalue weighted by molar-refractivity contribution is 7.14. The van der Waals surface area contributed by atoms with Gasteiger partial charge >= 0.3 is 5.97 Å². The van der Waals surface area contributed by atoms with E-state index in [1.807, 2.05) is 13.0 Å². The molecule has 0 fully saturated rings. The third-order valence-corrected chi connectivity index (χ3v) is 5.31. The zero-order valence-electron chi connectivity index (χ0n) is 14.5. The fraction of sp³-hybridized carbons (Fsp3) is 0.316. The maximum Gasteiger partial charge on any atom is 0.326 e. The molecule has 136 valence electrons. The van der Waals surface area contributed by atoms with Gasteiger partial charge in [0.1, 0.15) is 6.54 Å². The number of anilines is 1. The molecule has 1 amide bonds. The minimum atomic E-state index is -1.99. The summed E-state index contributed by atoms with van der Waals surface area (Å²) in [6, 6.07) is 10.1. The van der Waals surface area contributed by atoms with Crippen molar-refractivity contribution in [2.75, 3.05) is 18.1 Å². The van der Waals surface area contributed by atoms with E-state index in [9.17, 15) is 19.5 Å². The Hall–Kier alpha value is -2.51. The Balaban J connectivity index is 1.92. The topological polar surface area (TPSA) is 83.9 Å². The Morgan fingerprint density at radius 3 is 2.62 bits per heavy atom. The number of benzene rings is 1. The van der Waals surface area contributed by atoms with Gasteiger partial charge in [-0.25, -0.2) is 0 Å². The molecule has 0 bridgehead atoms. The van der Waals surface area contributed by atoms with Gasteiger partial charge in [-0.1, -0.05) is 18.2 Å². The lowest BCUT2D eigenvalue weighted by Gasteiger charge is -2.22. The van der Waals surface area contributed by atoms with Crippen LogP contribution >= 0.6 is 11.3 Å². The molecule has 3 rings (SSSR count). The number of aryl methyl sites for hydroxylation is 1. The van der Waals surface area contributed by atoms with Gasteiger partial charge in [0, 0.05) is 10.4 Å². The standard InChI is InChI=1S/C19H19NO5S/c1-3-25-17(22)11-20-14-7-5-4-6-13(14)19(24,18(20)23)10-15(21)16-9-8-12(2)26-16/h4-9,24H,3,10-11H2,1-2H3/t19-/m1/s1. The van der Waals surface area contributed by atoms with Crippen LogP contribution in [0.4, 0.5) is 5.69 Å². The molecule has 7 heteroatoms. The zero-order valence-corrected chi connectivity index (χ0v) is 15.3. The van der Waals surface area contributed by atoms with Crippen LogP contribution in [0.3, 0.4) is 0 Å². The Morgan fingerprint density at radius 2 is 1.96 bits per heavy atom. The van der Waals surface area contributed by atoms with Crippen LogP contribution < -0.4 is 4.90 Å². The lowest BCUT2D eigenvalue weighted by molar-refractivity contribution is -0.144. The summed E-state index contributed by atoms with van der Waals surface area (Å²) in [6.07, 6.45) is -0.373. The Bertz CT molecular complexity index is 874. The van der Waals surface area contributed by atoms with Crippen LogP contribution in [0.2, 0.25) is 0 Å². The van der Waals surface area contributed by atoms with E-state index >= 15 is 0 Å². The SMILES string of the molecule is CCOC(=O)CN1C(=O)[C@@](O)(CC(=O)c2ccc(C)s2)c2ccccc21. The van der Waals surface area contributed by atoms with E-state index in [2.05, 4.69) is 0 Å². The first-order valence-corrected chi connectivity index (χ1v) is 9.07. The van der Waals surface area contributed by atoms with E-state index in [1.54, 1.807) is 37.3 Å². The molecule has 2 heterocycles. The summed E-state index contributed by atoms with van der Waals surface area (Å²) in [5.41, 5.74) is -1.24. The molecule has 0 aliphatic carbocycles. The fourth-order valence-electron chi connectivity index (χ4n) is 3.07. The number of carbonyl (C=O) groups is 3. The largest absolute Gasteiger partial charge is 0.465 e. The third-order valence-electron chi connectivity index (χ3n) is 4.26. The maximum absolute atomic E-state index is 12.9. The van der Waals surface area contributed by atoms with Gasteiger partial charge in [-0.3, -0.25) is 19.3 Å². The fourth-order valence-corrected chi connectivity index (χ4v) is 3.88. The second-order valence-electron chi connectivity index (χ2n) is 6.08. The molecule has 0 spiro atoms. The molecular weight excluding hydrogens is 354 g/mol. The number of esters is 1. The van der Waals surface area contributed by atoms with E-state index in [0.717, 1.165) is 4.88 Å². The molecule has 0 saturated carbocycles. The number of carbonyl (C=O) groups excluding carboxylic acids is 3. The summed E-state index contributed by atoms with van der Waals surface area (Å²) in [7, 11) is 0. The van der Waals surface area contributed by atoms with Crippen molar-refractivity contribution in [3.8, 4) is 0 Å². The first kappa shape index (κ1) is 18.3. The number of nitrogens with zero attached hydrogens (tertiary/aromatic N) is 1. The number of para-hydroxylation sites is 1. The predicted octanol–water partition coefficient (Wildman–Crippen LogP) is 2.43. The van der Waals surface area contributed by atoms with Crippen LogP contribution in [-0.4, -0.2) is 35.9 Å². The van der Waals surface area contributed by atoms with Gasteiger partial charge in [0.2, 0.25) is 0 Å². The summed E-state index contributed by atoms with van der Waals surface area (Å²) >= 11 is 1.32. The monoisotopic (exact) mass is 373 g/mol. The van der Waals surface area contributed by atoms with Crippen molar-refractivity contribution in [3.05, 3.63) is 51.7 Å². The van der Waals surface area contributed by atoms with E-state index in [-0.39, 0.29) is 25.4 Å². The number of thiophene rings is 1. The molecule has 0 radical (unpaired) electrons. The van der Waals surface area contributed by atoms with E-state index < -0.39 is 17.5 Å². The quantitative estimate of drug-likeness (QED) is 0.621. The molecule has 1 aliphatic heterocycles. The number of ketones is 1. The highest BCUT2D eigenvalue weighted by atomic mass is 32.1. The molecular formula is C19H19NO5S. The number of amides is 1. The van der Waals surface area contributed by atoms with Gasteiger partial charge < -0.3 is 9.84 Å². The smallest absolute Gasteiger partial charge is 0.326 e. The summed E-state index contributed by atoms with van der Waals surface area (Å²) in [4.78, 5) is 40.0. The average molecular weight is 373 g/mol. The maximum atomic E-state index is 12.9. The van der Waals surface area contributed by atoms with E-state index in [1.165, 1.54) is 16.2 Å². The number of hydrogen-bond donors (Lipinski definition) is 1. The Kier molecular flexibility index (Phi) is 4.93. The van der Waals surface area contributed by atoms with Crippen LogP contribution in [0.15, 0.2) is 36.4 Å². The highest BCUT2D eigenvalue weighted by Gasteiger charge is 2.51. The van der Waals surface area contributed by atoms with Gasteiger partial charge in [-0.05, 0) is 32.0 Å². The van der Waals surface area contributed by atoms with Crippen LogP contribution in [0, 0.1) is 6.92 Å². The van der Waals surface area contributed by atoms with E-state index in [4.69, 9.17) is 4.74 Å². The summed E-state index contributed by atoms with van der Waals surface area (Å²) in [5.74, 6) is -1.57. The summed E-state index contributed by atoms with van der Waals surface area (Å²) in [6.45, 7) is 3.45. The number of aliphatic hydroxyl groups is 1. The predicted molar refractivity (Wildman–Crippen MR) is 97.3 cm³/mol. The lowest BCUT2D eigenvalue weighted by Crippen LogP contribution is -2.43. The average Bonchev–Trinajstić information content (AvgIpc) is 3.12. The van der Waals surface area contributed by atoms with Crippen molar-refractivity contribution >= 4 is 34.7 Å². The molecule has 26 heavy (non-hydrogen) atoms. The van der Waals surface area contributed by atoms with Crippen molar-refractivity contribution in [1.82, 2.24) is 0 Å². The van der Waals surface area contributed by atoms with Crippen LogP contribution in [0.25, 0.3) is 0 Å². The minimum absolute atomic E-state index is 0.197. The molecule has 0 saturated heterocycles. The van der Waals surface area contributed by atoms with Crippen molar-refractivity contribution in [2.24, 2.45) is 0 Å². The molecule has 6 nitrogen and oxygen atoms in total. The van der Waals surface area contributed by atoms with Gasteiger partial charge in [0.05, 0.1) is 23.6 Å². The van der Waals surface area contributed by atoms with Crippen molar-refractivity contribution in [2.45, 2.75) is 25.9 Å². The number of fused-ring (bicyclic) bond motifs is 1. The molecule has 2 aromatic rings. The van der Waals surface area contributed by atoms with Crippen molar-refractivity contribution in [3.63, 3.8) is 0 Å². The lowest BCUT2D eigenvalue weighted by atomic mass is 9.89. The molecule has 1 aliphatic rings. The second-order valence-corrected chi connectivity index (χ2v) is 7.37. The normalized spacial score (nSPS) is 18.7. The van der Waals surface area contributed by atoms with Crippen LogP contribution in [-0.2, 0) is 19.9 Å². The highest BCUT2D eigenvalue weighted by Crippen LogP contribution is 2.43. The first-order valence-electron chi connectivity index (χ1n) is 8.26. The van der Waals surface area contributed by atoms with Gasteiger partial charge in [0.25, 0.3) is 5.91 Å². The summed E-state index contributed by atoms with van der Waals surface area (Å²) < 4.78 is 4.91. The second kappa shape index (κ2) is 7.01. The number of ether oxygens (including phenoxy) is 1. The van der Waals surface area contributed by atoms with Crippen LogP contribution in [0.1, 0.15) is 33.5 Å². The number of rotatable bonds is 6. The number of Topliss-reactive ketones (excluding diaryl/α,β-unsaturated/α-hetero) is 1. The number of hydrogen-bond acceptors (Lipinski definition) is 6. The summed E-state index contributed by atoms with van der Waals surface area (Å²) in [5, 5.41) is 11.1. The Morgan fingerprint density at radius 1 is 1.23 bits per heavy atom.